The van der Waals surface area contributed by atoms with E-state index in [9.17, 15) is 0 Å². The smallest absolute Gasteiger partial charge is 0.0295 e. The van der Waals surface area contributed by atoms with E-state index in [1.54, 1.807) is 0 Å². The van der Waals surface area contributed by atoms with E-state index in [-0.39, 0.29) is 6.04 Å². The van der Waals surface area contributed by atoms with Crippen molar-refractivity contribution >= 4 is 22.6 Å². The Morgan fingerprint density at radius 1 is 1.19 bits per heavy atom. The quantitative estimate of drug-likeness (QED) is 0.571. The average molecular weight is 331 g/mol. The van der Waals surface area contributed by atoms with Crippen LogP contribution in [0.15, 0.2) is 24.3 Å². The lowest BCUT2D eigenvalue weighted by Crippen LogP contribution is -2.10. The van der Waals surface area contributed by atoms with Crippen LogP contribution in [0.4, 0.5) is 0 Å². The highest BCUT2D eigenvalue weighted by atomic mass is 127. The van der Waals surface area contributed by atoms with Gasteiger partial charge in [0.15, 0.2) is 0 Å². The van der Waals surface area contributed by atoms with Gasteiger partial charge in [0.05, 0.1) is 0 Å². The second-order valence-corrected chi connectivity index (χ2v) is 5.61. The summed E-state index contributed by atoms with van der Waals surface area (Å²) in [7, 11) is 0. The molecule has 0 aliphatic heterocycles. The van der Waals surface area contributed by atoms with Gasteiger partial charge in [0.1, 0.15) is 0 Å². The Morgan fingerprint density at radius 3 is 2.62 bits per heavy atom. The molecule has 2 heteroatoms. The molecule has 1 aromatic rings. The highest BCUT2D eigenvalue weighted by Gasteiger charge is 2.05. The molecular weight excluding hydrogens is 309 g/mol. The van der Waals surface area contributed by atoms with E-state index in [2.05, 4.69) is 53.8 Å². The van der Waals surface area contributed by atoms with E-state index in [1.165, 1.54) is 41.2 Å². The SMILES string of the molecule is CCCCCCCC(N)c1cccc(I)c1. The van der Waals surface area contributed by atoms with Gasteiger partial charge in [-0.15, -0.1) is 0 Å². The molecule has 0 amide bonds. The van der Waals surface area contributed by atoms with Gasteiger partial charge in [0, 0.05) is 9.61 Å². The van der Waals surface area contributed by atoms with Gasteiger partial charge in [-0.3, -0.25) is 0 Å². The van der Waals surface area contributed by atoms with Gasteiger partial charge in [-0.1, -0.05) is 51.2 Å². The van der Waals surface area contributed by atoms with Crippen molar-refractivity contribution in [3.8, 4) is 0 Å². The monoisotopic (exact) mass is 331 g/mol. The molecule has 0 saturated heterocycles. The largest absolute Gasteiger partial charge is 0.324 e. The number of rotatable bonds is 7. The van der Waals surface area contributed by atoms with Crippen LogP contribution < -0.4 is 5.73 Å². The van der Waals surface area contributed by atoms with Crippen LogP contribution in [0.1, 0.15) is 57.1 Å². The van der Waals surface area contributed by atoms with Crippen LogP contribution in [-0.4, -0.2) is 0 Å². The maximum absolute atomic E-state index is 6.18. The van der Waals surface area contributed by atoms with Crippen molar-refractivity contribution in [1.82, 2.24) is 0 Å². The zero-order chi connectivity index (χ0) is 11.8. The van der Waals surface area contributed by atoms with Gasteiger partial charge >= 0.3 is 0 Å². The minimum atomic E-state index is 0.219. The van der Waals surface area contributed by atoms with Crippen molar-refractivity contribution in [2.24, 2.45) is 5.73 Å². The third-order valence-electron chi connectivity index (χ3n) is 2.90. The molecule has 0 saturated carbocycles. The third kappa shape index (κ3) is 5.30. The predicted molar refractivity (Wildman–Crippen MR) is 79.5 cm³/mol. The summed E-state index contributed by atoms with van der Waals surface area (Å²) < 4.78 is 1.27. The molecule has 1 atom stereocenters. The lowest BCUT2D eigenvalue weighted by molar-refractivity contribution is 0.555. The maximum atomic E-state index is 6.18. The molecule has 16 heavy (non-hydrogen) atoms. The van der Waals surface area contributed by atoms with Crippen LogP contribution in [0.5, 0.6) is 0 Å². The van der Waals surface area contributed by atoms with Crippen LogP contribution in [0.25, 0.3) is 0 Å². The molecule has 0 radical (unpaired) electrons. The first-order valence-corrected chi connectivity index (χ1v) is 7.33. The van der Waals surface area contributed by atoms with Crippen LogP contribution in [0.2, 0.25) is 0 Å². The van der Waals surface area contributed by atoms with Gasteiger partial charge in [-0.25, -0.2) is 0 Å². The summed E-state index contributed by atoms with van der Waals surface area (Å²) in [5.41, 5.74) is 7.46. The summed E-state index contributed by atoms with van der Waals surface area (Å²) in [6.07, 6.45) is 7.72. The number of halogens is 1. The maximum Gasteiger partial charge on any atom is 0.0295 e. The van der Waals surface area contributed by atoms with Crippen LogP contribution >= 0.6 is 22.6 Å². The van der Waals surface area contributed by atoms with Crippen LogP contribution in [0, 0.1) is 3.57 Å². The Kier molecular flexibility index (Phi) is 7.05. The first-order chi connectivity index (χ1) is 7.74. The summed E-state index contributed by atoms with van der Waals surface area (Å²) >= 11 is 2.34. The molecule has 1 rings (SSSR count). The van der Waals surface area contributed by atoms with Crippen molar-refractivity contribution in [2.75, 3.05) is 0 Å². The van der Waals surface area contributed by atoms with Crippen LogP contribution in [0.3, 0.4) is 0 Å². The molecule has 0 fully saturated rings. The van der Waals surface area contributed by atoms with Gasteiger partial charge < -0.3 is 5.73 Å². The first-order valence-electron chi connectivity index (χ1n) is 6.25. The Hall–Kier alpha value is -0.0900. The summed E-state index contributed by atoms with van der Waals surface area (Å²) in [4.78, 5) is 0. The molecule has 1 nitrogen and oxygen atoms in total. The summed E-state index contributed by atoms with van der Waals surface area (Å²) in [5, 5.41) is 0. The van der Waals surface area contributed by atoms with Gasteiger partial charge in [0.2, 0.25) is 0 Å². The Labute approximate surface area is 113 Å². The fourth-order valence-corrected chi connectivity index (χ4v) is 2.44. The number of hydrogen-bond donors (Lipinski definition) is 1. The van der Waals surface area contributed by atoms with Crippen molar-refractivity contribution in [1.29, 1.82) is 0 Å². The standard InChI is InChI=1S/C14H22IN/c1-2-3-4-5-6-10-14(16)12-8-7-9-13(15)11-12/h7-9,11,14H,2-6,10,16H2,1H3. The highest BCUT2D eigenvalue weighted by molar-refractivity contribution is 14.1. The zero-order valence-electron chi connectivity index (χ0n) is 10.1. The summed E-state index contributed by atoms with van der Waals surface area (Å²) in [6.45, 7) is 2.25. The van der Waals surface area contributed by atoms with Crippen molar-refractivity contribution in [3.63, 3.8) is 0 Å². The topological polar surface area (TPSA) is 26.0 Å². The van der Waals surface area contributed by atoms with Crippen molar-refractivity contribution < 1.29 is 0 Å². The molecule has 0 spiro atoms. The average Bonchev–Trinajstić information content (AvgIpc) is 2.28. The number of unbranched alkanes of at least 4 members (excludes halogenated alkanes) is 4. The minimum absolute atomic E-state index is 0.219. The van der Waals surface area contributed by atoms with E-state index in [0.717, 1.165) is 6.42 Å². The second-order valence-electron chi connectivity index (χ2n) is 4.36. The van der Waals surface area contributed by atoms with Gasteiger partial charge in [-0.2, -0.15) is 0 Å². The molecule has 90 valence electrons. The van der Waals surface area contributed by atoms with Gasteiger partial charge in [-0.05, 0) is 46.7 Å². The summed E-state index contributed by atoms with van der Waals surface area (Å²) in [6, 6.07) is 8.75. The molecular formula is C14H22IN. The lowest BCUT2D eigenvalue weighted by Gasteiger charge is -2.12. The first kappa shape index (κ1) is 14.0. The Balaban J connectivity index is 2.27. The summed E-state index contributed by atoms with van der Waals surface area (Å²) in [5.74, 6) is 0. The van der Waals surface area contributed by atoms with Gasteiger partial charge in [0.25, 0.3) is 0 Å². The molecule has 0 aliphatic rings. The number of nitrogens with two attached hydrogens (primary N) is 1. The predicted octanol–water partition coefficient (Wildman–Crippen LogP) is 4.65. The molecule has 1 aromatic carbocycles. The lowest BCUT2D eigenvalue weighted by atomic mass is 10.0. The molecule has 0 bridgehead atoms. The molecule has 0 aromatic heterocycles. The number of benzene rings is 1. The molecule has 1 unspecified atom stereocenters. The van der Waals surface area contributed by atoms with Crippen molar-refractivity contribution in [3.05, 3.63) is 33.4 Å². The third-order valence-corrected chi connectivity index (χ3v) is 3.57. The molecule has 2 N–H and O–H groups in total. The molecule has 0 aliphatic carbocycles. The highest BCUT2D eigenvalue weighted by Crippen LogP contribution is 2.19. The molecule has 0 heterocycles. The fourth-order valence-electron chi connectivity index (χ4n) is 1.87. The van der Waals surface area contributed by atoms with E-state index in [4.69, 9.17) is 5.73 Å². The Bertz CT molecular complexity index is 299. The van der Waals surface area contributed by atoms with E-state index in [1.807, 2.05) is 0 Å². The van der Waals surface area contributed by atoms with E-state index in [0.29, 0.717) is 0 Å². The van der Waals surface area contributed by atoms with E-state index < -0.39 is 0 Å². The van der Waals surface area contributed by atoms with Crippen LogP contribution in [-0.2, 0) is 0 Å². The van der Waals surface area contributed by atoms with Crippen molar-refractivity contribution in [2.45, 2.75) is 51.5 Å². The number of hydrogen-bond acceptors (Lipinski definition) is 1. The zero-order valence-corrected chi connectivity index (χ0v) is 12.2. The second kappa shape index (κ2) is 8.07. The van der Waals surface area contributed by atoms with E-state index >= 15 is 0 Å². The fraction of sp³-hybridized carbons (Fsp3) is 0.571. The minimum Gasteiger partial charge on any atom is -0.324 e. The Morgan fingerprint density at radius 2 is 1.94 bits per heavy atom. The normalized spacial score (nSPS) is 12.7.